The molecule has 2 aromatic carbocycles. The highest BCUT2D eigenvalue weighted by Gasteiger charge is 2.17. The normalized spacial score (nSPS) is 11.0. The molecule has 0 atom stereocenters. The summed E-state index contributed by atoms with van der Waals surface area (Å²) in [5.41, 5.74) is 0.527. The van der Waals surface area contributed by atoms with Gasteiger partial charge in [-0.15, -0.1) is 0 Å². The highest BCUT2D eigenvalue weighted by atomic mass is 35.5. The number of carbonyl (C=O) groups excluding carboxylic acids is 1. The van der Waals surface area contributed by atoms with E-state index in [0.717, 1.165) is 0 Å². The fourth-order valence-electron chi connectivity index (χ4n) is 3.01. The fourth-order valence-corrected chi connectivity index (χ4v) is 4.19. The summed E-state index contributed by atoms with van der Waals surface area (Å²) in [6.07, 6.45) is 1.60. The van der Waals surface area contributed by atoms with Gasteiger partial charge in [-0.3, -0.25) is 9.52 Å². The maximum atomic E-state index is 12.8. The molecular formula is C23H21ClN6O6S. The van der Waals surface area contributed by atoms with Crippen molar-refractivity contribution in [3.8, 4) is 17.6 Å². The third-order valence-corrected chi connectivity index (χ3v) is 6.37. The van der Waals surface area contributed by atoms with Crippen LogP contribution in [0.25, 0.3) is 0 Å². The Kier molecular flexibility index (Phi) is 7.74. The Balaban J connectivity index is 1.38. The van der Waals surface area contributed by atoms with E-state index in [1.54, 1.807) is 30.5 Å². The number of sulfonamides is 1. The van der Waals surface area contributed by atoms with Crippen molar-refractivity contribution in [2.75, 3.05) is 24.3 Å². The lowest BCUT2D eigenvalue weighted by atomic mass is 10.3. The van der Waals surface area contributed by atoms with Crippen LogP contribution in [0.2, 0.25) is 5.02 Å². The van der Waals surface area contributed by atoms with E-state index >= 15 is 0 Å². The molecule has 0 aliphatic rings. The standard InChI is InChI=1S/C23H21ClN6O6S/c1-34-21-13-20(26-23(27-21)35-2)29-37(32,33)18-8-6-16(7-9-18)25-22(31)19-10-11-30(28-19)14-36-17-5-3-4-15(24)12-17/h3-13H,14H2,1-2H3,(H,25,31)(H,26,27,29). The molecule has 0 radical (unpaired) electrons. The van der Waals surface area contributed by atoms with E-state index in [-0.39, 0.29) is 35.0 Å². The van der Waals surface area contributed by atoms with Crippen LogP contribution in [0.4, 0.5) is 11.5 Å². The number of carbonyl (C=O) groups is 1. The van der Waals surface area contributed by atoms with Crippen LogP contribution in [0, 0.1) is 0 Å². The molecule has 4 aromatic rings. The molecule has 2 aromatic heterocycles. The van der Waals surface area contributed by atoms with Crippen molar-refractivity contribution in [2.45, 2.75) is 11.6 Å². The highest BCUT2D eigenvalue weighted by molar-refractivity contribution is 7.92. The van der Waals surface area contributed by atoms with Gasteiger partial charge in [0.1, 0.15) is 5.75 Å². The molecule has 4 rings (SSSR count). The molecular weight excluding hydrogens is 524 g/mol. The molecule has 0 saturated heterocycles. The molecule has 192 valence electrons. The largest absolute Gasteiger partial charge is 0.481 e. The lowest BCUT2D eigenvalue weighted by Gasteiger charge is -2.10. The van der Waals surface area contributed by atoms with Crippen LogP contribution < -0.4 is 24.2 Å². The summed E-state index contributed by atoms with van der Waals surface area (Å²) in [6.45, 7) is 0.0806. The van der Waals surface area contributed by atoms with E-state index in [9.17, 15) is 13.2 Å². The van der Waals surface area contributed by atoms with Crippen molar-refractivity contribution in [3.05, 3.63) is 77.6 Å². The molecule has 0 spiro atoms. The van der Waals surface area contributed by atoms with E-state index in [1.165, 1.54) is 55.3 Å². The van der Waals surface area contributed by atoms with E-state index in [2.05, 4.69) is 25.1 Å². The van der Waals surface area contributed by atoms with Crippen LogP contribution in [-0.2, 0) is 16.8 Å². The first-order valence-corrected chi connectivity index (χ1v) is 12.4. The predicted molar refractivity (Wildman–Crippen MR) is 135 cm³/mol. The van der Waals surface area contributed by atoms with Crippen LogP contribution in [0.1, 0.15) is 10.5 Å². The number of hydrogen-bond acceptors (Lipinski definition) is 9. The molecule has 0 bridgehead atoms. The molecule has 37 heavy (non-hydrogen) atoms. The van der Waals surface area contributed by atoms with Crippen LogP contribution in [0.5, 0.6) is 17.6 Å². The molecule has 0 aliphatic heterocycles. The first-order chi connectivity index (χ1) is 17.8. The number of hydrogen-bond donors (Lipinski definition) is 2. The molecule has 12 nitrogen and oxygen atoms in total. The number of benzene rings is 2. The van der Waals surface area contributed by atoms with Gasteiger partial charge in [0.25, 0.3) is 15.9 Å². The van der Waals surface area contributed by atoms with Crippen molar-refractivity contribution in [3.63, 3.8) is 0 Å². The summed E-state index contributed by atoms with van der Waals surface area (Å²) in [5, 5.41) is 7.40. The highest BCUT2D eigenvalue weighted by Crippen LogP contribution is 2.22. The first-order valence-electron chi connectivity index (χ1n) is 10.6. The van der Waals surface area contributed by atoms with Crippen molar-refractivity contribution in [2.24, 2.45) is 0 Å². The lowest BCUT2D eigenvalue weighted by molar-refractivity contribution is 0.102. The van der Waals surface area contributed by atoms with Crippen molar-refractivity contribution < 1.29 is 27.4 Å². The molecule has 0 fully saturated rings. The molecule has 0 aliphatic carbocycles. The number of methoxy groups -OCH3 is 2. The zero-order chi connectivity index (χ0) is 26.4. The number of rotatable bonds is 10. The van der Waals surface area contributed by atoms with E-state index < -0.39 is 15.9 Å². The Morgan fingerprint density at radius 2 is 1.81 bits per heavy atom. The van der Waals surface area contributed by atoms with Gasteiger partial charge in [0.2, 0.25) is 5.88 Å². The lowest BCUT2D eigenvalue weighted by Crippen LogP contribution is -2.16. The monoisotopic (exact) mass is 544 g/mol. The second-order valence-electron chi connectivity index (χ2n) is 7.34. The smallest absolute Gasteiger partial charge is 0.321 e. The minimum atomic E-state index is -3.99. The molecule has 0 saturated carbocycles. The molecule has 0 unspecified atom stereocenters. The van der Waals surface area contributed by atoms with Crippen molar-refractivity contribution in [1.82, 2.24) is 19.7 Å². The van der Waals surface area contributed by atoms with Gasteiger partial charge in [-0.05, 0) is 48.5 Å². The zero-order valence-corrected chi connectivity index (χ0v) is 21.2. The second kappa shape index (κ2) is 11.1. The van der Waals surface area contributed by atoms with E-state index in [4.69, 9.17) is 25.8 Å². The van der Waals surface area contributed by atoms with E-state index in [1.807, 2.05) is 0 Å². The number of nitrogens with one attached hydrogen (secondary N) is 2. The SMILES string of the molecule is COc1cc(NS(=O)(=O)c2ccc(NC(=O)c3ccn(COc4cccc(Cl)c4)n3)cc2)nc(OC)n1. The van der Waals surface area contributed by atoms with Crippen molar-refractivity contribution >= 4 is 39.0 Å². The Labute approximate surface area is 217 Å². The van der Waals surface area contributed by atoms with Gasteiger partial charge >= 0.3 is 6.01 Å². The summed E-state index contributed by atoms with van der Waals surface area (Å²) in [4.78, 5) is 20.4. The van der Waals surface area contributed by atoms with Crippen LogP contribution in [0.3, 0.4) is 0 Å². The van der Waals surface area contributed by atoms with Gasteiger partial charge in [0, 0.05) is 23.0 Å². The second-order valence-corrected chi connectivity index (χ2v) is 9.46. The van der Waals surface area contributed by atoms with Gasteiger partial charge in [-0.1, -0.05) is 17.7 Å². The minimum Gasteiger partial charge on any atom is -0.481 e. The molecule has 1 amide bonds. The average molecular weight is 545 g/mol. The van der Waals surface area contributed by atoms with Gasteiger partial charge in [-0.25, -0.2) is 13.1 Å². The number of nitrogens with zero attached hydrogens (tertiary/aromatic N) is 4. The van der Waals surface area contributed by atoms with Crippen LogP contribution in [0.15, 0.2) is 71.8 Å². The minimum absolute atomic E-state index is 0.0315. The number of anilines is 2. The molecule has 2 N–H and O–H groups in total. The van der Waals surface area contributed by atoms with Crippen molar-refractivity contribution in [1.29, 1.82) is 0 Å². The quantitative estimate of drug-likeness (QED) is 0.306. The summed E-state index contributed by atoms with van der Waals surface area (Å²) < 4.78 is 44.9. The fraction of sp³-hybridized carbons (Fsp3) is 0.130. The van der Waals surface area contributed by atoms with Gasteiger partial charge in [0.15, 0.2) is 18.2 Å². The van der Waals surface area contributed by atoms with Gasteiger partial charge in [-0.2, -0.15) is 15.1 Å². The summed E-state index contributed by atoms with van der Waals surface area (Å²) >= 11 is 5.94. The Morgan fingerprint density at radius 1 is 1.03 bits per heavy atom. The number of halogens is 1. The Hall–Kier alpha value is -4.36. The summed E-state index contributed by atoms with van der Waals surface area (Å²) in [6, 6.07) is 15.3. The maximum Gasteiger partial charge on any atom is 0.321 e. The first kappa shape index (κ1) is 25.7. The van der Waals surface area contributed by atoms with Gasteiger partial charge < -0.3 is 19.5 Å². The zero-order valence-electron chi connectivity index (χ0n) is 19.6. The van der Waals surface area contributed by atoms with Crippen LogP contribution in [-0.4, -0.2) is 48.3 Å². The molecule has 2 heterocycles. The van der Waals surface area contributed by atoms with E-state index in [0.29, 0.717) is 16.5 Å². The van der Waals surface area contributed by atoms with Crippen LogP contribution >= 0.6 is 11.6 Å². The summed E-state index contributed by atoms with van der Waals surface area (Å²) in [7, 11) is -1.26. The maximum absolute atomic E-state index is 12.8. The number of ether oxygens (including phenoxy) is 3. The van der Waals surface area contributed by atoms with Gasteiger partial charge in [0.05, 0.1) is 19.1 Å². The summed E-state index contributed by atoms with van der Waals surface area (Å²) in [5.74, 6) is 0.184. The Morgan fingerprint density at radius 3 is 2.51 bits per heavy atom. The average Bonchev–Trinajstić information content (AvgIpc) is 3.37. The third kappa shape index (κ3) is 6.65. The third-order valence-electron chi connectivity index (χ3n) is 4.77. The Bertz CT molecular complexity index is 1490. The number of amides is 1. The number of aromatic nitrogens is 4. The molecule has 14 heteroatoms. The topological polar surface area (TPSA) is 147 Å². The predicted octanol–water partition coefficient (Wildman–Crippen LogP) is 3.43.